The summed E-state index contributed by atoms with van der Waals surface area (Å²) < 4.78 is 10.6. The molecular formula is C12H16N4O2. The summed E-state index contributed by atoms with van der Waals surface area (Å²) in [5.74, 6) is 2.69. The van der Waals surface area contributed by atoms with E-state index in [1.54, 1.807) is 13.3 Å². The molecule has 1 N–H and O–H groups in total. The van der Waals surface area contributed by atoms with Crippen molar-refractivity contribution >= 4 is 5.82 Å². The fourth-order valence-corrected chi connectivity index (χ4v) is 1.62. The molecule has 1 atom stereocenters. The molecule has 0 aliphatic rings. The first-order valence-corrected chi connectivity index (χ1v) is 5.66. The van der Waals surface area contributed by atoms with Crippen molar-refractivity contribution in [3.63, 3.8) is 0 Å². The van der Waals surface area contributed by atoms with Gasteiger partial charge in [-0.15, -0.1) is 0 Å². The Bertz CT molecular complexity index is 539. The predicted octanol–water partition coefficient (Wildman–Crippen LogP) is 2.26. The monoisotopic (exact) mass is 248 g/mol. The number of aromatic nitrogens is 3. The highest BCUT2D eigenvalue weighted by Crippen LogP contribution is 2.24. The van der Waals surface area contributed by atoms with Crippen molar-refractivity contribution < 1.29 is 9.15 Å². The quantitative estimate of drug-likeness (QED) is 0.894. The van der Waals surface area contributed by atoms with E-state index in [-0.39, 0.29) is 6.04 Å². The fraction of sp³-hybridized carbons (Fsp3) is 0.417. The molecule has 2 aromatic rings. The van der Waals surface area contributed by atoms with Crippen LogP contribution in [0.1, 0.15) is 30.2 Å². The Kier molecular flexibility index (Phi) is 3.45. The summed E-state index contributed by atoms with van der Waals surface area (Å²) in [6.45, 7) is 5.72. The van der Waals surface area contributed by atoms with Gasteiger partial charge >= 0.3 is 0 Å². The summed E-state index contributed by atoms with van der Waals surface area (Å²) in [4.78, 5) is 12.4. The highest BCUT2D eigenvalue weighted by Gasteiger charge is 2.14. The van der Waals surface area contributed by atoms with Crippen LogP contribution in [-0.4, -0.2) is 22.1 Å². The van der Waals surface area contributed by atoms with E-state index in [2.05, 4.69) is 20.3 Å². The van der Waals surface area contributed by atoms with Crippen molar-refractivity contribution in [3.8, 4) is 5.88 Å². The molecule has 96 valence electrons. The highest BCUT2D eigenvalue weighted by molar-refractivity contribution is 5.48. The van der Waals surface area contributed by atoms with Crippen LogP contribution in [0.4, 0.5) is 5.82 Å². The molecule has 0 aliphatic carbocycles. The molecule has 6 heteroatoms. The maximum Gasteiger partial charge on any atom is 0.221 e. The Balaban J connectivity index is 2.19. The number of hydrogen-bond donors (Lipinski definition) is 1. The summed E-state index contributed by atoms with van der Waals surface area (Å²) in [5, 5.41) is 3.23. The van der Waals surface area contributed by atoms with Gasteiger partial charge in [-0.25, -0.2) is 15.0 Å². The Morgan fingerprint density at radius 3 is 2.67 bits per heavy atom. The molecule has 0 saturated heterocycles. The molecule has 0 spiro atoms. The zero-order valence-corrected chi connectivity index (χ0v) is 10.9. The molecule has 0 radical (unpaired) electrons. The normalized spacial score (nSPS) is 12.2. The summed E-state index contributed by atoms with van der Waals surface area (Å²) in [7, 11) is 1.58. The molecule has 2 rings (SSSR count). The number of methoxy groups -OCH3 is 1. The minimum absolute atomic E-state index is 0.0722. The maximum atomic E-state index is 5.47. The molecule has 6 nitrogen and oxygen atoms in total. The van der Waals surface area contributed by atoms with Crippen LogP contribution in [0.25, 0.3) is 0 Å². The molecular weight excluding hydrogens is 232 g/mol. The van der Waals surface area contributed by atoms with Crippen LogP contribution in [0.15, 0.2) is 16.9 Å². The van der Waals surface area contributed by atoms with Crippen LogP contribution in [-0.2, 0) is 0 Å². The average molecular weight is 248 g/mol. The lowest BCUT2D eigenvalue weighted by molar-refractivity contribution is 0.393. The van der Waals surface area contributed by atoms with Crippen LogP contribution in [0.2, 0.25) is 0 Å². The molecule has 0 amide bonds. The second-order valence-electron chi connectivity index (χ2n) is 4.03. The Hall–Kier alpha value is -2.11. The van der Waals surface area contributed by atoms with E-state index in [0.717, 1.165) is 11.3 Å². The van der Waals surface area contributed by atoms with Crippen molar-refractivity contribution in [2.75, 3.05) is 12.4 Å². The number of nitrogens with zero attached hydrogens (tertiary/aromatic N) is 3. The third-order valence-electron chi connectivity index (χ3n) is 2.59. The number of aryl methyl sites for hydroxylation is 1. The third-order valence-corrected chi connectivity index (χ3v) is 2.59. The zero-order valence-electron chi connectivity index (χ0n) is 10.9. The number of anilines is 1. The minimum atomic E-state index is -0.0722. The lowest BCUT2D eigenvalue weighted by atomic mass is 10.3. The third kappa shape index (κ3) is 2.42. The van der Waals surface area contributed by atoms with Gasteiger partial charge < -0.3 is 14.5 Å². The van der Waals surface area contributed by atoms with Crippen LogP contribution < -0.4 is 10.1 Å². The molecule has 0 aliphatic heterocycles. The molecule has 1 unspecified atom stereocenters. The molecule has 18 heavy (non-hydrogen) atoms. The molecule has 0 aromatic carbocycles. The van der Waals surface area contributed by atoms with Crippen LogP contribution in [0.5, 0.6) is 5.88 Å². The largest absolute Gasteiger partial charge is 0.481 e. The molecule has 2 aromatic heterocycles. The van der Waals surface area contributed by atoms with Gasteiger partial charge in [0, 0.05) is 0 Å². The molecule has 0 fully saturated rings. The van der Waals surface area contributed by atoms with Crippen molar-refractivity contribution in [2.24, 2.45) is 0 Å². The van der Waals surface area contributed by atoms with E-state index in [4.69, 9.17) is 9.15 Å². The maximum absolute atomic E-state index is 5.47. The first-order chi connectivity index (χ1) is 8.61. The number of nitrogens with one attached hydrogen (secondary N) is 1. The van der Waals surface area contributed by atoms with Gasteiger partial charge in [-0.3, -0.25) is 0 Å². The first-order valence-electron chi connectivity index (χ1n) is 5.66. The van der Waals surface area contributed by atoms with Gasteiger partial charge in [-0.1, -0.05) is 0 Å². The minimum Gasteiger partial charge on any atom is -0.481 e. The van der Waals surface area contributed by atoms with E-state index in [1.165, 1.54) is 6.33 Å². The SMILES string of the molecule is COc1ncnc(NC(C)c2ncc(C)o2)c1C. The Labute approximate surface area is 105 Å². The van der Waals surface area contributed by atoms with E-state index in [1.807, 2.05) is 20.8 Å². The molecule has 0 saturated carbocycles. The lowest BCUT2D eigenvalue weighted by Crippen LogP contribution is -2.10. The average Bonchev–Trinajstić information content (AvgIpc) is 2.78. The predicted molar refractivity (Wildman–Crippen MR) is 66.6 cm³/mol. The second-order valence-corrected chi connectivity index (χ2v) is 4.03. The number of ether oxygens (including phenoxy) is 1. The topological polar surface area (TPSA) is 73.1 Å². The number of hydrogen-bond acceptors (Lipinski definition) is 6. The van der Waals surface area contributed by atoms with Crippen molar-refractivity contribution in [3.05, 3.63) is 29.7 Å². The smallest absolute Gasteiger partial charge is 0.221 e. The van der Waals surface area contributed by atoms with Crippen molar-refractivity contribution in [2.45, 2.75) is 26.8 Å². The lowest BCUT2D eigenvalue weighted by Gasteiger charge is -2.14. The van der Waals surface area contributed by atoms with Crippen molar-refractivity contribution in [1.29, 1.82) is 0 Å². The van der Waals surface area contributed by atoms with Gasteiger partial charge in [-0.2, -0.15) is 0 Å². The molecule has 0 bridgehead atoms. The van der Waals surface area contributed by atoms with E-state index in [9.17, 15) is 0 Å². The van der Waals surface area contributed by atoms with Gasteiger partial charge in [0.2, 0.25) is 11.8 Å². The van der Waals surface area contributed by atoms with E-state index in [0.29, 0.717) is 17.6 Å². The van der Waals surface area contributed by atoms with Gasteiger partial charge in [0.1, 0.15) is 23.9 Å². The highest BCUT2D eigenvalue weighted by atomic mass is 16.5. The summed E-state index contributed by atoms with van der Waals surface area (Å²) in [5.41, 5.74) is 0.857. The van der Waals surface area contributed by atoms with Gasteiger partial charge in [0.25, 0.3) is 0 Å². The van der Waals surface area contributed by atoms with Gasteiger partial charge in [-0.05, 0) is 20.8 Å². The van der Waals surface area contributed by atoms with E-state index < -0.39 is 0 Å². The van der Waals surface area contributed by atoms with Gasteiger partial charge in [0.05, 0.1) is 18.9 Å². The van der Waals surface area contributed by atoms with Crippen LogP contribution in [0, 0.1) is 13.8 Å². The van der Waals surface area contributed by atoms with E-state index >= 15 is 0 Å². The second kappa shape index (κ2) is 5.03. The van der Waals surface area contributed by atoms with Crippen LogP contribution in [0.3, 0.4) is 0 Å². The summed E-state index contributed by atoms with van der Waals surface area (Å²) >= 11 is 0. The van der Waals surface area contributed by atoms with Crippen molar-refractivity contribution in [1.82, 2.24) is 15.0 Å². The number of rotatable bonds is 4. The Morgan fingerprint density at radius 1 is 1.28 bits per heavy atom. The standard InChI is InChI=1S/C12H16N4O2/c1-7-5-13-12(18-7)9(3)16-10-8(2)11(17-4)15-6-14-10/h5-6,9H,1-4H3,(H,14,15,16). The molecule has 2 heterocycles. The fourth-order valence-electron chi connectivity index (χ4n) is 1.62. The first kappa shape index (κ1) is 12.3. The summed E-state index contributed by atoms with van der Waals surface area (Å²) in [6.07, 6.45) is 3.16. The Morgan fingerprint density at radius 2 is 2.06 bits per heavy atom. The van der Waals surface area contributed by atoms with Crippen LogP contribution >= 0.6 is 0 Å². The van der Waals surface area contributed by atoms with Gasteiger partial charge in [0.15, 0.2) is 0 Å². The number of oxazole rings is 1. The summed E-state index contributed by atoms with van der Waals surface area (Å²) in [6, 6.07) is -0.0722. The zero-order chi connectivity index (χ0) is 13.1.